The molecule has 0 radical (unpaired) electrons. The van der Waals surface area contributed by atoms with Gasteiger partial charge in [0.25, 0.3) is 5.91 Å². The lowest BCUT2D eigenvalue weighted by atomic mass is 10.1. The minimum atomic E-state index is -0.227. The third kappa shape index (κ3) is 5.53. The molecule has 0 saturated carbocycles. The van der Waals surface area contributed by atoms with Crippen molar-refractivity contribution in [2.24, 2.45) is 11.0 Å². The number of hydrazone groups is 1. The Morgan fingerprint density at radius 2 is 2.00 bits per heavy atom. The molecule has 0 aliphatic rings. The summed E-state index contributed by atoms with van der Waals surface area (Å²) in [6, 6.07) is 11.0. The van der Waals surface area contributed by atoms with E-state index in [9.17, 15) is 4.79 Å². The van der Waals surface area contributed by atoms with Gasteiger partial charge in [-0.15, -0.1) is 11.3 Å². The van der Waals surface area contributed by atoms with E-state index >= 15 is 0 Å². The fraction of sp³-hybridized carbons (Fsp3) is 0.333. The normalized spacial score (nSPS) is 11.6. The highest BCUT2D eigenvalue weighted by atomic mass is 32.1. The Morgan fingerprint density at radius 1 is 1.26 bits per heavy atom. The van der Waals surface area contributed by atoms with E-state index in [1.807, 2.05) is 36.6 Å². The minimum Gasteiger partial charge on any atom is -0.494 e. The topological polar surface area (TPSA) is 50.7 Å². The van der Waals surface area contributed by atoms with Gasteiger partial charge >= 0.3 is 0 Å². The van der Waals surface area contributed by atoms with Crippen molar-refractivity contribution in [2.75, 3.05) is 6.61 Å². The van der Waals surface area contributed by atoms with Crippen LogP contribution in [0.2, 0.25) is 0 Å². The van der Waals surface area contributed by atoms with Crippen LogP contribution in [0.1, 0.15) is 42.4 Å². The Morgan fingerprint density at radius 3 is 2.61 bits per heavy atom. The molecule has 5 heteroatoms. The predicted molar refractivity (Wildman–Crippen MR) is 95.4 cm³/mol. The number of thiophene rings is 1. The van der Waals surface area contributed by atoms with Crippen LogP contribution >= 0.6 is 11.3 Å². The first-order chi connectivity index (χ1) is 11.1. The van der Waals surface area contributed by atoms with Crippen LogP contribution in [0, 0.1) is 5.92 Å². The molecular formula is C18H22N2O2S. The number of hydrogen-bond acceptors (Lipinski definition) is 4. The van der Waals surface area contributed by atoms with Crippen molar-refractivity contribution in [3.63, 3.8) is 0 Å². The zero-order valence-corrected chi connectivity index (χ0v) is 14.5. The zero-order chi connectivity index (χ0) is 16.7. The Kier molecular flexibility index (Phi) is 6.35. The number of nitrogens with zero attached hydrogens (tertiary/aromatic N) is 1. The van der Waals surface area contributed by atoms with E-state index < -0.39 is 0 Å². The first kappa shape index (κ1) is 17.2. The van der Waals surface area contributed by atoms with Crippen molar-refractivity contribution in [2.45, 2.75) is 27.2 Å². The van der Waals surface area contributed by atoms with Gasteiger partial charge in [0, 0.05) is 10.4 Å². The summed E-state index contributed by atoms with van der Waals surface area (Å²) in [4.78, 5) is 13.1. The second-order valence-electron chi connectivity index (χ2n) is 5.67. The average molecular weight is 330 g/mol. The summed E-state index contributed by atoms with van der Waals surface area (Å²) in [6.07, 6.45) is 1.01. The van der Waals surface area contributed by atoms with Crippen LogP contribution < -0.4 is 10.2 Å². The standard InChI is InChI=1S/C18H22N2O2S/c1-13(2)10-11-22-16-8-6-15(7-9-16)18(21)20-19-14(3)17-5-4-12-23-17/h4-9,12-13H,10-11H2,1-3H3,(H,20,21)/b19-14+. The largest absolute Gasteiger partial charge is 0.494 e. The van der Waals surface area contributed by atoms with Crippen molar-refractivity contribution in [1.29, 1.82) is 0 Å². The summed E-state index contributed by atoms with van der Waals surface area (Å²) in [5.41, 5.74) is 3.93. The van der Waals surface area contributed by atoms with Crippen LogP contribution in [0.15, 0.2) is 46.9 Å². The monoisotopic (exact) mass is 330 g/mol. The third-order valence-corrected chi connectivity index (χ3v) is 4.26. The second-order valence-corrected chi connectivity index (χ2v) is 6.62. The van der Waals surface area contributed by atoms with Gasteiger partial charge < -0.3 is 4.74 Å². The van der Waals surface area contributed by atoms with Crippen LogP contribution in [0.5, 0.6) is 5.75 Å². The maximum atomic E-state index is 12.1. The van der Waals surface area contributed by atoms with Gasteiger partial charge in [-0.05, 0) is 55.0 Å². The number of nitrogens with one attached hydrogen (secondary N) is 1. The molecule has 0 unspecified atom stereocenters. The third-order valence-electron chi connectivity index (χ3n) is 3.28. The van der Waals surface area contributed by atoms with Gasteiger partial charge in [-0.2, -0.15) is 5.10 Å². The lowest BCUT2D eigenvalue weighted by molar-refractivity contribution is 0.0955. The molecule has 1 aromatic carbocycles. The van der Waals surface area contributed by atoms with Crippen LogP contribution in [-0.4, -0.2) is 18.2 Å². The number of rotatable bonds is 7. The molecule has 4 nitrogen and oxygen atoms in total. The van der Waals surface area contributed by atoms with E-state index in [4.69, 9.17) is 4.74 Å². The van der Waals surface area contributed by atoms with Gasteiger partial charge in [-0.1, -0.05) is 19.9 Å². The lowest BCUT2D eigenvalue weighted by Gasteiger charge is -2.08. The van der Waals surface area contributed by atoms with Gasteiger partial charge in [-0.25, -0.2) is 5.43 Å². The number of hydrogen-bond donors (Lipinski definition) is 1. The Hall–Kier alpha value is -2.14. The van der Waals surface area contributed by atoms with Crippen LogP contribution in [-0.2, 0) is 0 Å². The SMILES string of the molecule is C/C(=N\NC(=O)c1ccc(OCCC(C)C)cc1)c1cccs1. The Labute approximate surface area is 141 Å². The Bertz CT molecular complexity index is 646. The van der Waals surface area contributed by atoms with Gasteiger partial charge in [0.15, 0.2) is 0 Å². The van der Waals surface area contributed by atoms with Gasteiger partial charge in [0.2, 0.25) is 0 Å². The zero-order valence-electron chi connectivity index (χ0n) is 13.7. The second kappa shape index (κ2) is 8.48. The van der Waals surface area contributed by atoms with Crippen molar-refractivity contribution in [3.8, 4) is 5.75 Å². The molecule has 0 fully saturated rings. The van der Waals surface area contributed by atoms with E-state index in [0.29, 0.717) is 18.1 Å². The number of amides is 1. The smallest absolute Gasteiger partial charge is 0.271 e. The molecular weight excluding hydrogens is 308 g/mol. The average Bonchev–Trinajstić information content (AvgIpc) is 3.07. The lowest BCUT2D eigenvalue weighted by Crippen LogP contribution is -2.19. The maximum absolute atomic E-state index is 12.1. The first-order valence-electron chi connectivity index (χ1n) is 7.67. The fourth-order valence-electron chi connectivity index (χ4n) is 1.85. The highest BCUT2D eigenvalue weighted by molar-refractivity contribution is 7.12. The Balaban J connectivity index is 1.89. The molecule has 0 atom stereocenters. The molecule has 1 amide bonds. The van der Waals surface area contributed by atoms with Crippen LogP contribution in [0.25, 0.3) is 0 Å². The number of carbonyl (C=O) groups excluding carboxylic acids is 1. The highest BCUT2D eigenvalue weighted by Gasteiger charge is 2.06. The van der Waals surface area contributed by atoms with Crippen molar-refractivity contribution >= 4 is 23.0 Å². The molecule has 0 aliphatic carbocycles. The van der Waals surface area contributed by atoms with Crippen molar-refractivity contribution < 1.29 is 9.53 Å². The predicted octanol–water partition coefficient (Wildman–Crippen LogP) is 4.33. The maximum Gasteiger partial charge on any atom is 0.271 e. The minimum absolute atomic E-state index is 0.227. The van der Waals surface area contributed by atoms with Gasteiger partial charge in [0.05, 0.1) is 12.3 Å². The summed E-state index contributed by atoms with van der Waals surface area (Å²) in [5.74, 6) is 1.17. The molecule has 23 heavy (non-hydrogen) atoms. The van der Waals surface area contributed by atoms with Crippen molar-refractivity contribution in [1.82, 2.24) is 5.43 Å². The highest BCUT2D eigenvalue weighted by Crippen LogP contribution is 2.14. The molecule has 2 aromatic rings. The summed E-state index contributed by atoms with van der Waals surface area (Å²) in [6.45, 7) is 6.89. The fourth-order valence-corrected chi connectivity index (χ4v) is 2.53. The van der Waals surface area contributed by atoms with Crippen LogP contribution in [0.4, 0.5) is 0 Å². The van der Waals surface area contributed by atoms with Gasteiger partial charge in [-0.3, -0.25) is 4.79 Å². The van der Waals surface area contributed by atoms with E-state index in [-0.39, 0.29) is 5.91 Å². The number of ether oxygens (including phenoxy) is 1. The van der Waals surface area contributed by atoms with Gasteiger partial charge in [0.1, 0.15) is 5.75 Å². The van der Waals surface area contributed by atoms with E-state index in [1.54, 1.807) is 23.5 Å². The van der Waals surface area contributed by atoms with E-state index in [2.05, 4.69) is 24.4 Å². The number of carbonyl (C=O) groups is 1. The summed E-state index contributed by atoms with van der Waals surface area (Å²) in [5, 5.41) is 6.11. The number of benzene rings is 1. The molecule has 0 aliphatic heterocycles. The molecule has 0 saturated heterocycles. The molecule has 1 aromatic heterocycles. The summed E-state index contributed by atoms with van der Waals surface area (Å²) in [7, 11) is 0. The van der Waals surface area contributed by atoms with Crippen molar-refractivity contribution in [3.05, 3.63) is 52.2 Å². The molecule has 122 valence electrons. The summed E-state index contributed by atoms with van der Waals surface area (Å²) >= 11 is 1.59. The van der Waals surface area contributed by atoms with E-state index in [1.165, 1.54) is 0 Å². The van der Waals surface area contributed by atoms with E-state index in [0.717, 1.165) is 22.8 Å². The van der Waals surface area contributed by atoms with Crippen LogP contribution in [0.3, 0.4) is 0 Å². The molecule has 2 rings (SSSR count). The molecule has 1 N–H and O–H groups in total. The molecule has 0 spiro atoms. The summed E-state index contributed by atoms with van der Waals surface area (Å²) < 4.78 is 5.64. The first-order valence-corrected chi connectivity index (χ1v) is 8.55. The molecule has 1 heterocycles. The quantitative estimate of drug-likeness (QED) is 0.607. The molecule has 0 bridgehead atoms.